The molecule has 2 rings (SSSR count). The minimum Gasteiger partial charge on any atom is -0.349 e. The standard InChI is InChI=1S/C13H19N3O2S/c1-4-5-16-11(17)6-9(12(16)18)14-13-15-10(7-19-13)8(2)3/h7-9H,4-6H2,1-3H3,(H,14,15). The number of likely N-dealkylation sites (tertiary alicyclic amines) is 1. The first kappa shape index (κ1) is 14.0. The van der Waals surface area contributed by atoms with Crippen molar-refractivity contribution in [3.8, 4) is 0 Å². The Kier molecular flexibility index (Phi) is 4.19. The average molecular weight is 281 g/mol. The highest BCUT2D eigenvalue weighted by molar-refractivity contribution is 7.13. The molecule has 1 saturated heterocycles. The van der Waals surface area contributed by atoms with Gasteiger partial charge in [-0.3, -0.25) is 14.5 Å². The Morgan fingerprint density at radius 2 is 2.26 bits per heavy atom. The number of anilines is 1. The normalized spacial score (nSPS) is 19.6. The maximum absolute atomic E-state index is 12.1. The predicted molar refractivity (Wildman–Crippen MR) is 75.2 cm³/mol. The molecular weight excluding hydrogens is 262 g/mol. The van der Waals surface area contributed by atoms with Gasteiger partial charge in [0.25, 0.3) is 5.91 Å². The fraction of sp³-hybridized carbons (Fsp3) is 0.615. The molecular formula is C13H19N3O2S. The molecule has 6 heteroatoms. The molecule has 0 spiro atoms. The Morgan fingerprint density at radius 3 is 2.84 bits per heavy atom. The van der Waals surface area contributed by atoms with Gasteiger partial charge in [-0.05, 0) is 12.3 Å². The Bertz CT molecular complexity index is 484. The summed E-state index contributed by atoms with van der Waals surface area (Å²) >= 11 is 1.48. The molecule has 2 heterocycles. The highest BCUT2D eigenvalue weighted by atomic mass is 32.1. The van der Waals surface area contributed by atoms with Crippen LogP contribution in [0.5, 0.6) is 0 Å². The third-order valence-corrected chi connectivity index (χ3v) is 3.89. The van der Waals surface area contributed by atoms with Crippen molar-refractivity contribution in [3.05, 3.63) is 11.1 Å². The number of aromatic nitrogens is 1. The van der Waals surface area contributed by atoms with Crippen LogP contribution in [0.3, 0.4) is 0 Å². The Morgan fingerprint density at radius 1 is 1.53 bits per heavy atom. The van der Waals surface area contributed by atoms with Crippen molar-refractivity contribution in [3.63, 3.8) is 0 Å². The number of nitrogens with zero attached hydrogens (tertiary/aromatic N) is 2. The lowest BCUT2D eigenvalue weighted by molar-refractivity contribution is -0.138. The summed E-state index contributed by atoms with van der Waals surface area (Å²) in [7, 11) is 0. The number of carbonyl (C=O) groups excluding carboxylic acids is 2. The highest BCUT2D eigenvalue weighted by Gasteiger charge is 2.38. The number of amides is 2. The van der Waals surface area contributed by atoms with Gasteiger partial charge in [-0.15, -0.1) is 11.3 Å². The summed E-state index contributed by atoms with van der Waals surface area (Å²) in [5.74, 6) is 0.141. The van der Waals surface area contributed by atoms with E-state index in [9.17, 15) is 9.59 Å². The first-order chi connectivity index (χ1) is 9.02. The molecule has 0 bridgehead atoms. The van der Waals surface area contributed by atoms with Gasteiger partial charge in [-0.25, -0.2) is 4.98 Å². The number of thiazole rings is 1. The van der Waals surface area contributed by atoms with Gasteiger partial charge in [0.05, 0.1) is 12.1 Å². The molecule has 1 unspecified atom stereocenters. The van der Waals surface area contributed by atoms with E-state index < -0.39 is 6.04 Å². The highest BCUT2D eigenvalue weighted by Crippen LogP contribution is 2.24. The minimum absolute atomic E-state index is 0.0926. The molecule has 0 radical (unpaired) electrons. The quantitative estimate of drug-likeness (QED) is 0.841. The Balaban J connectivity index is 2.03. The minimum atomic E-state index is -0.454. The number of imide groups is 1. The first-order valence-electron chi connectivity index (χ1n) is 6.59. The van der Waals surface area contributed by atoms with Crippen LogP contribution in [-0.4, -0.2) is 34.3 Å². The predicted octanol–water partition coefficient (Wildman–Crippen LogP) is 2.22. The number of rotatable bonds is 5. The summed E-state index contributed by atoms with van der Waals surface area (Å²) < 4.78 is 0. The van der Waals surface area contributed by atoms with Gasteiger partial charge in [0.15, 0.2) is 5.13 Å². The fourth-order valence-corrected chi connectivity index (χ4v) is 2.95. The van der Waals surface area contributed by atoms with E-state index in [1.165, 1.54) is 16.2 Å². The lowest BCUT2D eigenvalue weighted by atomic mass is 10.2. The van der Waals surface area contributed by atoms with Gasteiger partial charge in [-0.1, -0.05) is 20.8 Å². The van der Waals surface area contributed by atoms with Crippen LogP contribution < -0.4 is 5.32 Å². The molecule has 104 valence electrons. The summed E-state index contributed by atoms with van der Waals surface area (Å²) in [6.45, 7) is 6.61. The molecule has 1 aliphatic rings. The second-order valence-electron chi connectivity index (χ2n) is 5.02. The topological polar surface area (TPSA) is 62.3 Å². The first-order valence-corrected chi connectivity index (χ1v) is 7.47. The molecule has 0 aliphatic carbocycles. The molecule has 1 N–H and O–H groups in total. The monoisotopic (exact) mass is 281 g/mol. The average Bonchev–Trinajstić information content (AvgIpc) is 2.91. The van der Waals surface area contributed by atoms with E-state index >= 15 is 0 Å². The Labute approximate surface area is 117 Å². The van der Waals surface area contributed by atoms with Crippen LogP contribution in [-0.2, 0) is 9.59 Å². The van der Waals surface area contributed by atoms with Gasteiger partial charge < -0.3 is 5.32 Å². The maximum Gasteiger partial charge on any atom is 0.252 e. The smallest absolute Gasteiger partial charge is 0.252 e. The zero-order valence-corrected chi connectivity index (χ0v) is 12.3. The van der Waals surface area contributed by atoms with Crippen LogP contribution in [0.15, 0.2) is 5.38 Å². The van der Waals surface area contributed by atoms with Crippen molar-refractivity contribution in [2.75, 3.05) is 11.9 Å². The molecule has 1 atom stereocenters. The number of hydrogen-bond donors (Lipinski definition) is 1. The van der Waals surface area contributed by atoms with Gasteiger partial charge in [-0.2, -0.15) is 0 Å². The second-order valence-corrected chi connectivity index (χ2v) is 5.87. The van der Waals surface area contributed by atoms with E-state index in [0.717, 1.165) is 12.1 Å². The van der Waals surface area contributed by atoms with E-state index in [-0.39, 0.29) is 18.2 Å². The van der Waals surface area contributed by atoms with E-state index in [4.69, 9.17) is 0 Å². The van der Waals surface area contributed by atoms with Crippen molar-refractivity contribution in [1.82, 2.24) is 9.88 Å². The number of carbonyl (C=O) groups is 2. The molecule has 1 aliphatic heterocycles. The van der Waals surface area contributed by atoms with E-state index in [1.807, 2.05) is 12.3 Å². The summed E-state index contributed by atoms with van der Waals surface area (Å²) in [6, 6.07) is -0.454. The lowest BCUT2D eigenvalue weighted by Crippen LogP contribution is -2.35. The van der Waals surface area contributed by atoms with Crippen molar-refractivity contribution < 1.29 is 9.59 Å². The largest absolute Gasteiger partial charge is 0.349 e. The van der Waals surface area contributed by atoms with Crippen molar-refractivity contribution in [2.45, 2.75) is 45.6 Å². The fourth-order valence-electron chi connectivity index (χ4n) is 2.02. The van der Waals surface area contributed by atoms with Crippen LogP contribution in [0.2, 0.25) is 0 Å². The van der Waals surface area contributed by atoms with Crippen LogP contribution in [0, 0.1) is 0 Å². The summed E-state index contributed by atoms with van der Waals surface area (Å²) in [4.78, 5) is 29.6. The molecule has 1 aromatic heterocycles. The molecule has 0 saturated carbocycles. The van der Waals surface area contributed by atoms with Gasteiger partial charge >= 0.3 is 0 Å². The Hall–Kier alpha value is -1.43. The van der Waals surface area contributed by atoms with Crippen molar-refractivity contribution >= 4 is 28.3 Å². The SMILES string of the molecule is CCCN1C(=O)CC(Nc2nc(C(C)C)cs2)C1=O. The van der Waals surface area contributed by atoms with Crippen LogP contribution in [0.4, 0.5) is 5.13 Å². The molecule has 19 heavy (non-hydrogen) atoms. The van der Waals surface area contributed by atoms with Gasteiger partial charge in [0.1, 0.15) is 6.04 Å². The van der Waals surface area contributed by atoms with Gasteiger partial charge in [0, 0.05) is 11.9 Å². The van der Waals surface area contributed by atoms with Crippen molar-refractivity contribution in [2.24, 2.45) is 0 Å². The summed E-state index contributed by atoms with van der Waals surface area (Å²) in [5.41, 5.74) is 1.01. The molecule has 0 aromatic carbocycles. The van der Waals surface area contributed by atoms with Crippen LogP contribution in [0.25, 0.3) is 0 Å². The molecule has 2 amide bonds. The number of hydrogen-bond acceptors (Lipinski definition) is 5. The molecule has 1 fully saturated rings. The van der Waals surface area contributed by atoms with E-state index in [2.05, 4.69) is 24.1 Å². The van der Waals surface area contributed by atoms with E-state index in [1.54, 1.807) is 0 Å². The van der Waals surface area contributed by atoms with E-state index in [0.29, 0.717) is 17.6 Å². The zero-order chi connectivity index (χ0) is 14.0. The molecule has 5 nitrogen and oxygen atoms in total. The van der Waals surface area contributed by atoms with Crippen LogP contribution >= 0.6 is 11.3 Å². The third kappa shape index (κ3) is 2.94. The maximum atomic E-state index is 12.1. The second kappa shape index (κ2) is 5.69. The zero-order valence-electron chi connectivity index (χ0n) is 11.5. The summed E-state index contributed by atoms with van der Waals surface area (Å²) in [6.07, 6.45) is 1.02. The van der Waals surface area contributed by atoms with Crippen LogP contribution in [0.1, 0.15) is 45.2 Å². The van der Waals surface area contributed by atoms with Gasteiger partial charge in [0.2, 0.25) is 5.91 Å². The third-order valence-electron chi connectivity index (χ3n) is 3.10. The molecule has 1 aromatic rings. The van der Waals surface area contributed by atoms with Crippen molar-refractivity contribution in [1.29, 1.82) is 0 Å². The summed E-state index contributed by atoms with van der Waals surface area (Å²) in [5, 5.41) is 5.78. The number of nitrogens with one attached hydrogen (secondary N) is 1. The lowest BCUT2D eigenvalue weighted by Gasteiger charge is -2.13.